The van der Waals surface area contributed by atoms with Crippen LogP contribution in [0.4, 0.5) is 5.69 Å². The van der Waals surface area contributed by atoms with Crippen LogP contribution < -0.4 is 14.8 Å². The van der Waals surface area contributed by atoms with E-state index in [-0.39, 0.29) is 6.04 Å². The molecule has 1 heterocycles. The lowest BCUT2D eigenvalue weighted by atomic mass is 9.77. The van der Waals surface area contributed by atoms with Gasteiger partial charge in [-0.15, -0.1) is 0 Å². The van der Waals surface area contributed by atoms with Crippen molar-refractivity contribution in [3.8, 4) is 11.5 Å². The van der Waals surface area contributed by atoms with Gasteiger partial charge in [0.1, 0.15) is 11.5 Å². The SMILES string of the molecule is CCOc1ccccc1C1Nc2ccc(OCC(C)C)cc2C2C=CCC21. The monoisotopic (exact) mass is 363 g/mol. The number of fused-ring (bicyclic) bond motifs is 3. The van der Waals surface area contributed by atoms with Crippen LogP contribution >= 0.6 is 0 Å². The Bertz CT molecular complexity index is 827. The Kier molecular flexibility index (Phi) is 5.11. The molecule has 3 nitrogen and oxygen atoms in total. The van der Waals surface area contributed by atoms with Gasteiger partial charge in [-0.3, -0.25) is 0 Å². The van der Waals surface area contributed by atoms with Gasteiger partial charge >= 0.3 is 0 Å². The molecule has 0 aromatic heterocycles. The summed E-state index contributed by atoms with van der Waals surface area (Å²) in [5.41, 5.74) is 3.81. The first-order valence-electron chi connectivity index (χ1n) is 10.1. The number of benzene rings is 2. The Morgan fingerprint density at radius 1 is 1.07 bits per heavy atom. The molecule has 27 heavy (non-hydrogen) atoms. The number of ether oxygens (including phenoxy) is 2. The van der Waals surface area contributed by atoms with E-state index in [1.165, 1.54) is 16.8 Å². The first-order chi connectivity index (χ1) is 13.2. The number of hydrogen-bond donors (Lipinski definition) is 1. The van der Waals surface area contributed by atoms with Crippen molar-refractivity contribution < 1.29 is 9.47 Å². The molecule has 0 spiro atoms. The summed E-state index contributed by atoms with van der Waals surface area (Å²) in [4.78, 5) is 0. The van der Waals surface area contributed by atoms with Gasteiger partial charge in [0.15, 0.2) is 0 Å². The van der Waals surface area contributed by atoms with Crippen LogP contribution in [0.15, 0.2) is 54.6 Å². The largest absolute Gasteiger partial charge is 0.494 e. The summed E-state index contributed by atoms with van der Waals surface area (Å²) in [5, 5.41) is 3.80. The molecule has 2 aromatic carbocycles. The molecule has 3 atom stereocenters. The van der Waals surface area contributed by atoms with Gasteiger partial charge in [0.05, 0.1) is 19.3 Å². The summed E-state index contributed by atoms with van der Waals surface area (Å²) in [5.74, 6) is 3.40. The second kappa shape index (κ2) is 7.67. The molecule has 0 saturated carbocycles. The van der Waals surface area contributed by atoms with E-state index in [4.69, 9.17) is 9.47 Å². The Balaban J connectivity index is 1.67. The van der Waals surface area contributed by atoms with Crippen LogP contribution in [-0.4, -0.2) is 13.2 Å². The standard InChI is InChI=1S/C24H29NO2/c1-4-26-23-11-6-5-8-20(23)24-19-10-7-9-18(19)21-14-17(27-15-16(2)3)12-13-22(21)25-24/h5-9,11-14,16,18-19,24-25H,4,10,15H2,1-3H3. The van der Waals surface area contributed by atoms with Crippen molar-refractivity contribution in [1.82, 2.24) is 0 Å². The number of allylic oxidation sites excluding steroid dienone is 2. The number of rotatable bonds is 6. The molecule has 1 aliphatic heterocycles. The van der Waals surface area contributed by atoms with E-state index in [9.17, 15) is 0 Å². The van der Waals surface area contributed by atoms with Crippen LogP contribution in [0.3, 0.4) is 0 Å². The predicted octanol–water partition coefficient (Wildman–Crippen LogP) is 5.95. The third kappa shape index (κ3) is 3.55. The first-order valence-corrected chi connectivity index (χ1v) is 10.1. The second-order valence-corrected chi connectivity index (χ2v) is 7.90. The van der Waals surface area contributed by atoms with Crippen molar-refractivity contribution in [2.45, 2.75) is 39.2 Å². The summed E-state index contributed by atoms with van der Waals surface area (Å²) in [6.07, 6.45) is 5.77. The Hall–Kier alpha value is -2.42. The molecule has 142 valence electrons. The van der Waals surface area contributed by atoms with Crippen molar-refractivity contribution in [3.63, 3.8) is 0 Å². The topological polar surface area (TPSA) is 30.5 Å². The minimum atomic E-state index is 0.252. The average Bonchev–Trinajstić information content (AvgIpc) is 3.17. The molecule has 2 aromatic rings. The Morgan fingerprint density at radius 3 is 2.74 bits per heavy atom. The fourth-order valence-electron chi connectivity index (χ4n) is 4.26. The fraction of sp³-hybridized carbons (Fsp3) is 0.417. The third-order valence-corrected chi connectivity index (χ3v) is 5.47. The maximum absolute atomic E-state index is 5.97. The summed E-state index contributed by atoms with van der Waals surface area (Å²) < 4.78 is 11.9. The van der Waals surface area contributed by atoms with Crippen molar-refractivity contribution in [1.29, 1.82) is 0 Å². The van der Waals surface area contributed by atoms with Crippen LogP contribution in [0.5, 0.6) is 11.5 Å². The van der Waals surface area contributed by atoms with Crippen LogP contribution in [0.2, 0.25) is 0 Å². The third-order valence-electron chi connectivity index (χ3n) is 5.47. The number of para-hydroxylation sites is 1. The first kappa shape index (κ1) is 18.0. The summed E-state index contributed by atoms with van der Waals surface area (Å²) in [6.45, 7) is 7.83. The molecular weight excluding hydrogens is 334 g/mol. The normalized spacial score (nSPS) is 22.9. The lowest BCUT2D eigenvalue weighted by Gasteiger charge is -2.38. The minimum absolute atomic E-state index is 0.252. The molecular formula is C24H29NO2. The van der Waals surface area contributed by atoms with Gasteiger partial charge in [0.2, 0.25) is 0 Å². The van der Waals surface area contributed by atoms with Gasteiger partial charge in [-0.25, -0.2) is 0 Å². The molecule has 0 amide bonds. The highest BCUT2D eigenvalue weighted by Gasteiger charge is 2.39. The number of hydrogen-bond acceptors (Lipinski definition) is 3. The lowest BCUT2D eigenvalue weighted by Crippen LogP contribution is -2.29. The van der Waals surface area contributed by atoms with Gasteiger partial charge < -0.3 is 14.8 Å². The molecule has 2 aliphatic rings. The molecule has 1 aliphatic carbocycles. The van der Waals surface area contributed by atoms with Gasteiger partial charge in [-0.05, 0) is 55.0 Å². The van der Waals surface area contributed by atoms with E-state index < -0.39 is 0 Å². The second-order valence-electron chi connectivity index (χ2n) is 7.90. The molecule has 3 heteroatoms. The molecule has 0 bridgehead atoms. The molecule has 4 rings (SSSR count). The predicted molar refractivity (Wildman–Crippen MR) is 111 cm³/mol. The highest BCUT2D eigenvalue weighted by atomic mass is 16.5. The van der Waals surface area contributed by atoms with E-state index in [0.717, 1.165) is 24.5 Å². The molecule has 0 radical (unpaired) electrons. The van der Waals surface area contributed by atoms with Gasteiger partial charge in [0.25, 0.3) is 0 Å². The Morgan fingerprint density at radius 2 is 1.93 bits per heavy atom. The minimum Gasteiger partial charge on any atom is -0.494 e. The summed E-state index contributed by atoms with van der Waals surface area (Å²) in [7, 11) is 0. The maximum Gasteiger partial charge on any atom is 0.124 e. The lowest BCUT2D eigenvalue weighted by molar-refractivity contribution is 0.270. The Labute approximate surface area is 162 Å². The van der Waals surface area contributed by atoms with Crippen molar-refractivity contribution in [2.75, 3.05) is 18.5 Å². The zero-order valence-electron chi connectivity index (χ0n) is 16.4. The summed E-state index contributed by atoms with van der Waals surface area (Å²) >= 11 is 0. The zero-order chi connectivity index (χ0) is 18.8. The number of anilines is 1. The fourth-order valence-corrected chi connectivity index (χ4v) is 4.26. The molecule has 1 N–H and O–H groups in total. The van der Waals surface area contributed by atoms with E-state index in [1.54, 1.807) is 0 Å². The highest BCUT2D eigenvalue weighted by molar-refractivity contribution is 5.62. The average molecular weight is 364 g/mol. The molecule has 3 unspecified atom stereocenters. The molecule has 0 saturated heterocycles. The van der Waals surface area contributed by atoms with E-state index in [2.05, 4.69) is 67.7 Å². The van der Waals surface area contributed by atoms with E-state index >= 15 is 0 Å². The van der Waals surface area contributed by atoms with Gasteiger partial charge in [0, 0.05) is 17.2 Å². The highest BCUT2D eigenvalue weighted by Crippen LogP contribution is 2.51. The van der Waals surface area contributed by atoms with Crippen LogP contribution in [0.1, 0.15) is 50.3 Å². The maximum atomic E-state index is 5.97. The van der Waals surface area contributed by atoms with Crippen molar-refractivity contribution >= 4 is 5.69 Å². The molecule has 0 fully saturated rings. The van der Waals surface area contributed by atoms with Crippen LogP contribution in [0.25, 0.3) is 0 Å². The van der Waals surface area contributed by atoms with E-state index in [0.29, 0.717) is 24.4 Å². The van der Waals surface area contributed by atoms with Crippen LogP contribution in [-0.2, 0) is 0 Å². The van der Waals surface area contributed by atoms with Gasteiger partial charge in [-0.1, -0.05) is 44.2 Å². The quantitative estimate of drug-likeness (QED) is 0.644. The van der Waals surface area contributed by atoms with Crippen molar-refractivity contribution in [3.05, 3.63) is 65.7 Å². The summed E-state index contributed by atoms with van der Waals surface area (Å²) in [6, 6.07) is 15.2. The van der Waals surface area contributed by atoms with E-state index in [1.807, 2.05) is 13.0 Å². The zero-order valence-corrected chi connectivity index (χ0v) is 16.4. The van der Waals surface area contributed by atoms with Gasteiger partial charge in [-0.2, -0.15) is 0 Å². The smallest absolute Gasteiger partial charge is 0.124 e. The number of nitrogens with one attached hydrogen (secondary N) is 1. The van der Waals surface area contributed by atoms with Crippen molar-refractivity contribution in [2.24, 2.45) is 11.8 Å². The van der Waals surface area contributed by atoms with Crippen LogP contribution in [0, 0.1) is 11.8 Å².